The number of rotatable bonds is 4. The van der Waals surface area contributed by atoms with Crippen molar-refractivity contribution in [2.75, 3.05) is 7.11 Å². The largest absolute Gasteiger partial charge is 0.496 e. The Hall–Kier alpha value is -2.10. The van der Waals surface area contributed by atoms with E-state index >= 15 is 0 Å². The van der Waals surface area contributed by atoms with E-state index < -0.39 is 0 Å². The van der Waals surface area contributed by atoms with Gasteiger partial charge in [-0.15, -0.1) is 0 Å². The average Bonchev–Trinajstić information content (AvgIpc) is 2.78. The lowest BCUT2D eigenvalue weighted by atomic mass is 10.2. The van der Waals surface area contributed by atoms with Gasteiger partial charge in [0.2, 0.25) is 0 Å². The Morgan fingerprint density at radius 3 is 2.82 bits per heavy atom. The van der Waals surface area contributed by atoms with Crippen LogP contribution in [0, 0.1) is 0 Å². The number of hydrogen-bond donors (Lipinski definition) is 0. The fraction of sp³-hybridized carbons (Fsp3) is 0.231. The van der Waals surface area contributed by atoms with Crippen molar-refractivity contribution in [3.63, 3.8) is 0 Å². The first-order valence-electron chi connectivity index (χ1n) is 5.36. The number of ketones is 1. The molecule has 0 radical (unpaired) electrons. The van der Waals surface area contributed by atoms with Crippen molar-refractivity contribution in [2.24, 2.45) is 0 Å². The minimum atomic E-state index is 0.0243. The molecule has 0 aliphatic heterocycles. The summed E-state index contributed by atoms with van der Waals surface area (Å²) in [5.74, 6) is 0.851. The molecule has 4 heteroatoms. The summed E-state index contributed by atoms with van der Waals surface area (Å²) >= 11 is 0. The van der Waals surface area contributed by atoms with Gasteiger partial charge in [0.1, 0.15) is 5.75 Å². The molecule has 0 saturated heterocycles. The van der Waals surface area contributed by atoms with Gasteiger partial charge in [0.25, 0.3) is 0 Å². The highest BCUT2D eigenvalue weighted by atomic mass is 16.5. The van der Waals surface area contributed by atoms with Gasteiger partial charge in [0.15, 0.2) is 5.78 Å². The van der Waals surface area contributed by atoms with E-state index in [4.69, 9.17) is 4.74 Å². The molecule has 0 bridgehead atoms. The molecule has 0 unspecified atom stereocenters. The zero-order valence-electron chi connectivity index (χ0n) is 9.88. The van der Waals surface area contributed by atoms with Gasteiger partial charge in [-0.05, 0) is 13.0 Å². The van der Waals surface area contributed by atoms with Crippen molar-refractivity contribution in [1.82, 2.24) is 9.78 Å². The summed E-state index contributed by atoms with van der Waals surface area (Å²) in [6.07, 6.45) is 3.33. The fourth-order valence-corrected chi connectivity index (χ4v) is 1.64. The van der Waals surface area contributed by atoms with E-state index in [2.05, 4.69) is 5.10 Å². The van der Waals surface area contributed by atoms with Crippen LogP contribution in [0.25, 0.3) is 0 Å². The maximum Gasteiger partial charge on any atom is 0.162 e. The molecular formula is C13H14N2O2. The topological polar surface area (TPSA) is 44.1 Å². The minimum absolute atomic E-state index is 0.0243. The number of aromatic nitrogens is 2. The predicted octanol–water partition coefficient (Wildman–Crippen LogP) is 2.14. The number of para-hydroxylation sites is 1. The van der Waals surface area contributed by atoms with Crippen LogP contribution in [0.5, 0.6) is 5.75 Å². The van der Waals surface area contributed by atoms with Gasteiger partial charge in [0.05, 0.1) is 25.4 Å². The summed E-state index contributed by atoms with van der Waals surface area (Å²) < 4.78 is 6.99. The summed E-state index contributed by atoms with van der Waals surface area (Å²) in [6, 6.07) is 7.76. The Bertz CT molecular complexity index is 532. The van der Waals surface area contributed by atoms with Crippen molar-refractivity contribution in [1.29, 1.82) is 0 Å². The molecule has 17 heavy (non-hydrogen) atoms. The van der Waals surface area contributed by atoms with Gasteiger partial charge in [-0.3, -0.25) is 9.48 Å². The highest BCUT2D eigenvalue weighted by Gasteiger charge is 2.06. The Labute approximate surface area is 99.8 Å². The van der Waals surface area contributed by atoms with Gasteiger partial charge in [-0.1, -0.05) is 18.2 Å². The minimum Gasteiger partial charge on any atom is -0.496 e. The van der Waals surface area contributed by atoms with E-state index in [1.54, 1.807) is 24.2 Å². The SMILES string of the molecule is COc1ccccc1Cn1cc(C(C)=O)cn1. The van der Waals surface area contributed by atoms with Crippen molar-refractivity contribution >= 4 is 5.78 Å². The van der Waals surface area contributed by atoms with E-state index in [1.165, 1.54) is 6.92 Å². The van der Waals surface area contributed by atoms with Crippen LogP contribution >= 0.6 is 0 Å². The quantitative estimate of drug-likeness (QED) is 0.756. The van der Waals surface area contributed by atoms with Gasteiger partial charge < -0.3 is 4.74 Å². The standard InChI is InChI=1S/C13H14N2O2/c1-10(16)12-7-14-15(9-12)8-11-5-3-4-6-13(11)17-2/h3-7,9H,8H2,1-2H3. The average molecular weight is 230 g/mol. The summed E-state index contributed by atoms with van der Waals surface area (Å²) in [5, 5.41) is 4.15. The van der Waals surface area contributed by atoms with E-state index in [0.29, 0.717) is 12.1 Å². The van der Waals surface area contributed by atoms with Crippen molar-refractivity contribution < 1.29 is 9.53 Å². The number of carbonyl (C=O) groups excluding carboxylic acids is 1. The molecule has 0 saturated carbocycles. The van der Waals surface area contributed by atoms with Crippen LogP contribution in [0.2, 0.25) is 0 Å². The maximum atomic E-state index is 11.2. The first-order valence-corrected chi connectivity index (χ1v) is 5.36. The molecule has 0 fully saturated rings. The van der Waals surface area contributed by atoms with Crippen LogP contribution in [-0.2, 0) is 6.54 Å². The van der Waals surface area contributed by atoms with E-state index in [1.807, 2.05) is 24.3 Å². The second-order valence-corrected chi connectivity index (χ2v) is 3.79. The lowest BCUT2D eigenvalue weighted by Gasteiger charge is -2.07. The molecule has 2 rings (SSSR count). The lowest BCUT2D eigenvalue weighted by Crippen LogP contribution is -2.02. The molecule has 4 nitrogen and oxygen atoms in total. The third-order valence-corrected chi connectivity index (χ3v) is 2.56. The van der Waals surface area contributed by atoms with Gasteiger partial charge in [0, 0.05) is 11.8 Å². The van der Waals surface area contributed by atoms with E-state index in [0.717, 1.165) is 11.3 Å². The predicted molar refractivity (Wildman–Crippen MR) is 64.3 cm³/mol. The van der Waals surface area contributed by atoms with Crippen LogP contribution in [-0.4, -0.2) is 22.7 Å². The third kappa shape index (κ3) is 2.53. The van der Waals surface area contributed by atoms with Crippen molar-refractivity contribution in [3.05, 3.63) is 47.8 Å². The van der Waals surface area contributed by atoms with Gasteiger partial charge in [-0.25, -0.2) is 0 Å². The summed E-state index contributed by atoms with van der Waals surface area (Å²) in [6.45, 7) is 2.13. The van der Waals surface area contributed by atoms with Crippen LogP contribution in [0.1, 0.15) is 22.8 Å². The fourth-order valence-electron chi connectivity index (χ4n) is 1.64. The van der Waals surface area contributed by atoms with E-state index in [-0.39, 0.29) is 5.78 Å². The Kier molecular flexibility index (Phi) is 3.23. The third-order valence-electron chi connectivity index (χ3n) is 2.56. The summed E-state index contributed by atoms with van der Waals surface area (Å²) in [4.78, 5) is 11.2. The second kappa shape index (κ2) is 4.82. The Morgan fingerprint density at radius 2 is 2.18 bits per heavy atom. The van der Waals surface area contributed by atoms with Crippen LogP contribution in [0.4, 0.5) is 0 Å². The number of hydrogen-bond acceptors (Lipinski definition) is 3. The summed E-state index contributed by atoms with van der Waals surface area (Å²) in [7, 11) is 1.64. The number of ether oxygens (including phenoxy) is 1. The molecule has 1 heterocycles. The molecule has 0 atom stereocenters. The van der Waals surface area contributed by atoms with Crippen molar-refractivity contribution in [3.8, 4) is 5.75 Å². The molecule has 88 valence electrons. The van der Waals surface area contributed by atoms with Gasteiger partial charge in [-0.2, -0.15) is 5.10 Å². The molecule has 1 aromatic heterocycles. The molecule has 2 aromatic rings. The van der Waals surface area contributed by atoms with E-state index in [9.17, 15) is 4.79 Å². The Balaban J connectivity index is 2.22. The Morgan fingerprint density at radius 1 is 1.41 bits per heavy atom. The smallest absolute Gasteiger partial charge is 0.162 e. The molecule has 1 aromatic carbocycles. The van der Waals surface area contributed by atoms with Crippen molar-refractivity contribution in [2.45, 2.75) is 13.5 Å². The molecule has 0 amide bonds. The van der Waals surface area contributed by atoms with Crippen LogP contribution in [0.15, 0.2) is 36.7 Å². The second-order valence-electron chi connectivity index (χ2n) is 3.79. The molecule has 0 spiro atoms. The highest BCUT2D eigenvalue weighted by Crippen LogP contribution is 2.18. The van der Waals surface area contributed by atoms with Crippen LogP contribution in [0.3, 0.4) is 0 Å². The molecular weight excluding hydrogens is 216 g/mol. The highest BCUT2D eigenvalue weighted by molar-refractivity contribution is 5.93. The number of carbonyl (C=O) groups is 1. The first kappa shape index (κ1) is 11.4. The molecule has 0 aliphatic rings. The zero-order valence-corrected chi connectivity index (χ0v) is 9.88. The number of benzene rings is 1. The molecule has 0 N–H and O–H groups in total. The maximum absolute atomic E-state index is 11.2. The lowest BCUT2D eigenvalue weighted by molar-refractivity contribution is 0.101. The zero-order chi connectivity index (χ0) is 12.3. The summed E-state index contributed by atoms with van der Waals surface area (Å²) in [5.41, 5.74) is 1.66. The number of methoxy groups -OCH3 is 1. The van der Waals surface area contributed by atoms with Gasteiger partial charge >= 0.3 is 0 Å². The first-order chi connectivity index (χ1) is 8.20. The van der Waals surface area contributed by atoms with Crippen LogP contribution < -0.4 is 4.74 Å². The molecule has 0 aliphatic carbocycles. The number of nitrogens with zero attached hydrogens (tertiary/aromatic N) is 2. The monoisotopic (exact) mass is 230 g/mol. The number of Topliss-reactive ketones (excluding diaryl/α,β-unsaturated/α-hetero) is 1. The normalized spacial score (nSPS) is 10.2.